The Bertz CT molecular complexity index is 535. The van der Waals surface area contributed by atoms with E-state index in [1.54, 1.807) is 6.20 Å². The molecule has 0 aliphatic carbocycles. The molecule has 1 aromatic rings. The molecule has 0 saturated carbocycles. The molecule has 0 bridgehead atoms. The quantitative estimate of drug-likeness (QED) is 0.784. The Morgan fingerprint density at radius 2 is 1.83 bits per heavy atom. The largest absolute Gasteiger partial charge is 0.404 e. The van der Waals surface area contributed by atoms with Gasteiger partial charge in [-0.2, -0.15) is 0 Å². The summed E-state index contributed by atoms with van der Waals surface area (Å²) in [4.78, 5) is 5.70. The predicted octanol–water partition coefficient (Wildman–Crippen LogP) is 2.57. The summed E-state index contributed by atoms with van der Waals surface area (Å²) >= 11 is 1.23. The van der Waals surface area contributed by atoms with Crippen LogP contribution in [-0.4, -0.2) is 43.0 Å². The van der Waals surface area contributed by atoms with Crippen LogP contribution in [0.15, 0.2) is 53.7 Å². The SMILES string of the molecule is C=C(C(/C(=C/N)SN)[C@@H](C)c1ccccc1)N1CCN(C)CC1. The summed E-state index contributed by atoms with van der Waals surface area (Å²) in [5.74, 6) is 0.384. The maximum absolute atomic E-state index is 5.89. The molecule has 0 radical (unpaired) electrons. The van der Waals surface area contributed by atoms with Gasteiger partial charge in [-0.15, -0.1) is 0 Å². The number of benzene rings is 1. The van der Waals surface area contributed by atoms with E-state index >= 15 is 0 Å². The Morgan fingerprint density at radius 3 is 2.35 bits per heavy atom. The van der Waals surface area contributed by atoms with Crippen molar-refractivity contribution in [2.45, 2.75) is 12.8 Å². The minimum Gasteiger partial charge on any atom is -0.404 e. The fourth-order valence-electron chi connectivity index (χ4n) is 3.15. The summed E-state index contributed by atoms with van der Waals surface area (Å²) in [5, 5.41) is 5.89. The first-order valence-electron chi connectivity index (χ1n) is 8.04. The number of hydrogen-bond acceptors (Lipinski definition) is 5. The number of nitrogens with zero attached hydrogens (tertiary/aromatic N) is 2. The summed E-state index contributed by atoms with van der Waals surface area (Å²) in [6.45, 7) is 10.8. The van der Waals surface area contributed by atoms with Crippen molar-refractivity contribution in [3.05, 3.63) is 59.3 Å². The third-order valence-corrected chi connectivity index (χ3v) is 5.36. The topological polar surface area (TPSA) is 58.5 Å². The Morgan fingerprint density at radius 1 is 1.22 bits per heavy atom. The highest BCUT2D eigenvalue weighted by molar-refractivity contribution is 8.00. The van der Waals surface area contributed by atoms with Crippen molar-refractivity contribution in [1.29, 1.82) is 0 Å². The van der Waals surface area contributed by atoms with E-state index in [0.717, 1.165) is 36.8 Å². The highest BCUT2D eigenvalue weighted by atomic mass is 32.2. The monoisotopic (exact) mass is 332 g/mol. The zero-order valence-corrected chi connectivity index (χ0v) is 14.9. The highest BCUT2D eigenvalue weighted by Crippen LogP contribution is 2.39. The Labute approximate surface area is 144 Å². The first-order valence-corrected chi connectivity index (χ1v) is 8.92. The van der Waals surface area contributed by atoms with Crippen LogP contribution in [0.1, 0.15) is 18.4 Å². The van der Waals surface area contributed by atoms with E-state index in [0.29, 0.717) is 0 Å². The molecule has 1 fully saturated rings. The molecule has 1 heterocycles. The van der Waals surface area contributed by atoms with Crippen molar-refractivity contribution < 1.29 is 0 Å². The molecular weight excluding hydrogens is 304 g/mol. The van der Waals surface area contributed by atoms with Crippen LogP contribution < -0.4 is 10.9 Å². The van der Waals surface area contributed by atoms with Gasteiger partial charge in [0.25, 0.3) is 0 Å². The minimum absolute atomic E-state index is 0.112. The van der Waals surface area contributed by atoms with Gasteiger partial charge in [-0.25, -0.2) is 0 Å². The Balaban J connectivity index is 2.25. The van der Waals surface area contributed by atoms with Gasteiger partial charge in [-0.05, 0) is 18.5 Å². The molecule has 1 saturated heterocycles. The van der Waals surface area contributed by atoms with Crippen molar-refractivity contribution >= 4 is 11.9 Å². The molecule has 1 aliphatic rings. The van der Waals surface area contributed by atoms with Gasteiger partial charge < -0.3 is 15.5 Å². The minimum atomic E-state index is 0.112. The van der Waals surface area contributed by atoms with Crippen LogP contribution in [0, 0.1) is 5.92 Å². The van der Waals surface area contributed by atoms with Gasteiger partial charge in [0.1, 0.15) is 0 Å². The number of allylic oxidation sites excluding steroid dienone is 1. The van der Waals surface area contributed by atoms with Crippen LogP contribution in [0.3, 0.4) is 0 Å². The van der Waals surface area contributed by atoms with Gasteiger partial charge in [0.15, 0.2) is 0 Å². The number of likely N-dealkylation sites (N-methyl/N-ethyl adjacent to an activating group) is 1. The van der Waals surface area contributed by atoms with Gasteiger partial charge in [-0.1, -0.05) is 55.8 Å². The van der Waals surface area contributed by atoms with Crippen LogP contribution in [0.25, 0.3) is 0 Å². The maximum atomic E-state index is 5.89. The molecule has 0 amide bonds. The smallest absolute Gasteiger partial charge is 0.0386 e. The predicted molar refractivity (Wildman–Crippen MR) is 101 cm³/mol. The molecule has 126 valence electrons. The normalized spacial score (nSPS) is 19.4. The van der Waals surface area contributed by atoms with E-state index in [1.807, 2.05) is 6.07 Å². The summed E-state index contributed by atoms with van der Waals surface area (Å²) in [7, 11) is 2.16. The zero-order valence-electron chi connectivity index (χ0n) is 14.1. The number of nitrogens with two attached hydrogens (primary N) is 2. The van der Waals surface area contributed by atoms with Crippen LogP contribution >= 0.6 is 11.9 Å². The van der Waals surface area contributed by atoms with Crippen molar-refractivity contribution in [2.24, 2.45) is 16.8 Å². The van der Waals surface area contributed by atoms with Crippen LogP contribution in [0.4, 0.5) is 0 Å². The Kier molecular flexibility index (Phi) is 6.57. The van der Waals surface area contributed by atoms with Crippen LogP contribution in [0.2, 0.25) is 0 Å². The van der Waals surface area contributed by atoms with Crippen molar-refractivity contribution in [3.8, 4) is 0 Å². The van der Waals surface area contributed by atoms with Crippen LogP contribution in [-0.2, 0) is 0 Å². The van der Waals surface area contributed by atoms with Gasteiger partial charge in [-0.3, -0.25) is 5.14 Å². The van der Waals surface area contributed by atoms with Gasteiger partial charge in [0.05, 0.1) is 0 Å². The summed E-state index contributed by atoms with van der Waals surface area (Å²) in [5.41, 5.74) is 8.25. The molecule has 1 aromatic carbocycles. The molecule has 23 heavy (non-hydrogen) atoms. The number of piperazine rings is 1. The zero-order chi connectivity index (χ0) is 16.8. The Hall–Kier alpha value is -1.43. The van der Waals surface area contributed by atoms with Crippen molar-refractivity contribution in [1.82, 2.24) is 9.80 Å². The lowest BCUT2D eigenvalue weighted by molar-refractivity contribution is 0.174. The second kappa shape index (κ2) is 8.43. The first-order chi connectivity index (χ1) is 11.1. The summed E-state index contributed by atoms with van der Waals surface area (Å²) < 4.78 is 0. The summed E-state index contributed by atoms with van der Waals surface area (Å²) in [6.07, 6.45) is 1.63. The van der Waals surface area contributed by atoms with Crippen molar-refractivity contribution in [2.75, 3.05) is 33.2 Å². The third kappa shape index (κ3) is 4.31. The molecule has 0 spiro atoms. The first kappa shape index (κ1) is 17.9. The molecule has 5 heteroatoms. The second-order valence-corrected chi connectivity index (χ2v) is 6.85. The fourth-order valence-corrected chi connectivity index (χ4v) is 3.72. The average molecular weight is 333 g/mol. The van der Waals surface area contributed by atoms with E-state index in [4.69, 9.17) is 10.9 Å². The molecule has 1 unspecified atom stereocenters. The molecule has 2 rings (SSSR count). The highest BCUT2D eigenvalue weighted by Gasteiger charge is 2.29. The summed E-state index contributed by atoms with van der Waals surface area (Å²) in [6, 6.07) is 10.5. The molecule has 4 N–H and O–H groups in total. The lowest BCUT2D eigenvalue weighted by Crippen LogP contribution is -2.45. The van der Waals surface area contributed by atoms with E-state index in [9.17, 15) is 0 Å². The molecule has 1 aliphatic heterocycles. The maximum Gasteiger partial charge on any atom is 0.0386 e. The van der Waals surface area contributed by atoms with Gasteiger partial charge in [0, 0.05) is 48.9 Å². The van der Waals surface area contributed by atoms with Crippen LogP contribution in [0.5, 0.6) is 0 Å². The molecular formula is C18H28N4S. The second-order valence-electron chi connectivity index (χ2n) is 6.15. The number of rotatable bonds is 6. The standard InChI is InChI=1S/C18H28N4S/c1-14(16-7-5-4-6-8-16)18(17(13-19)23-20)15(2)22-11-9-21(3)10-12-22/h4-8,13-14,18H,2,9-12,19-20H2,1,3H3/b17-13-/t14-,18?/m0/s1. The lowest BCUT2D eigenvalue weighted by Gasteiger charge is -2.40. The molecule has 0 aromatic heterocycles. The van der Waals surface area contributed by atoms with Gasteiger partial charge >= 0.3 is 0 Å². The number of hydrogen-bond donors (Lipinski definition) is 2. The van der Waals surface area contributed by atoms with E-state index < -0.39 is 0 Å². The van der Waals surface area contributed by atoms with E-state index in [2.05, 4.69) is 54.6 Å². The third-order valence-electron chi connectivity index (χ3n) is 4.70. The molecule has 4 nitrogen and oxygen atoms in total. The average Bonchev–Trinajstić information content (AvgIpc) is 2.60. The fraction of sp³-hybridized carbons (Fsp3) is 0.444. The van der Waals surface area contributed by atoms with Gasteiger partial charge in [0.2, 0.25) is 0 Å². The van der Waals surface area contributed by atoms with E-state index in [-0.39, 0.29) is 11.8 Å². The lowest BCUT2D eigenvalue weighted by atomic mass is 9.84. The van der Waals surface area contributed by atoms with Crippen molar-refractivity contribution in [3.63, 3.8) is 0 Å². The van der Waals surface area contributed by atoms with E-state index in [1.165, 1.54) is 17.5 Å². The molecule has 2 atom stereocenters.